The summed E-state index contributed by atoms with van der Waals surface area (Å²) in [5, 5.41) is 4.39. The van der Waals surface area contributed by atoms with Crippen molar-refractivity contribution in [1.82, 2.24) is 24.5 Å². The molecule has 0 spiro atoms. The van der Waals surface area contributed by atoms with Crippen LogP contribution < -0.4 is 0 Å². The molecule has 5 heteroatoms. The van der Waals surface area contributed by atoms with Crippen LogP contribution in [0.15, 0.2) is 104 Å². The summed E-state index contributed by atoms with van der Waals surface area (Å²) in [7, 11) is 0. The number of aromatic nitrogens is 5. The van der Waals surface area contributed by atoms with Crippen molar-refractivity contribution in [1.29, 1.82) is 0 Å². The summed E-state index contributed by atoms with van der Waals surface area (Å²) in [6, 6.07) is 28.9. The quantitative estimate of drug-likeness (QED) is 0.305. The molecule has 0 aliphatic rings. The van der Waals surface area contributed by atoms with Gasteiger partial charge in [0.05, 0.1) is 22.2 Å². The second kappa shape index (κ2) is 6.93. The Morgan fingerprint density at radius 2 is 1.39 bits per heavy atom. The van der Waals surface area contributed by atoms with Crippen LogP contribution in [-0.4, -0.2) is 24.5 Å². The van der Waals surface area contributed by atoms with E-state index in [0.717, 1.165) is 60.8 Å². The van der Waals surface area contributed by atoms with E-state index >= 15 is 0 Å². The monoisotopic (exact) mass is 423 g/mol. The molecule has 7 rings (SSSR count). The van der Waals surface area contributed by atoms with Crippen molar-refractivity contribution in [3.63, 3.8) is 0 Å². The molecule has 0 N–H and O–H groups in total. The van der Waals surface area contributed by atoms with E-state index in [9.17, 15) is 0 Å². The molecule has 0 unspecified atom stereocenters. The van der Waals surface area contributed by atoms with Gasteiger partial charge in [-0.2, -0.15) is 0 Å². The van der Waals surface area contributed by atoms with Gasteiger partial charge in [0.25, 0.3) is 0 Å². The maximum Gasteiger partial charge on any atom is 0.146 e. The van der Waals surface area contributed by atoms with Crippen LogP contribution >= 0.6 is 0 Å². The minimum Gasteiger partial charge on any atom is -0.278 e. The third-order valence-electron chi connectivity index (χ3n) is 6.13. The third kappa shape index (κ3) is 2.72. The molecule has 0 saturated heterocycles. The van der Waals surface area contributed by atoms with Crippen LogP contribution in [0.2, 0.25) is 0 Å². The predicted octanol–water partition coefficient (Wildman–Crippen LogP) is 6.34. The first-order chi connectivity index (χ1) is 16.4. The van der Waals surface area contributed by atoms with Crippen molar-refractivity contribution in [2.24, 2.45) is 0 Å². The molecule has 0 bridgehead atoms. The molecule has 5 aromatic heterocycles. The Bertz CT molecular complexity index is 1820. The fraction of sp³-hybridized carbons (Fsp3) is 0. The van der Waals surface area contributed by atoms with E-state index in [1.807, 2.05) is 48.9 Å². The third-order valence-corrected chi connectivity index (χ3v) is 6.13. The summed E-state index contributed by atoms with van der Waals surface area (Å²) in [6.45, 7) is 0. The largest absolute Gasteiger partial charge is 0.278 e. The topological polar surface area (TPSA) is 56.5 Å². The standard InChI is InChI=1S/C28H17N5/c1-2-14-29-25(7-1)33-24-13-11-20(17-22(24)21-6-4-16-31-28(21)33)23-12-10-19-9-8-18-5-3-15-30-26(18)27(19)32-23/h1-17H. The van der Waals surface area contributed by atoms with Crippen molar-refractivity contribution < 1.29 is 0 Å². The lowest BCUT2D eigenvalue weighted by Crippen LogP contribution is -1.97. The van der Waals surface area contributed by atoms with Crippen LogP contribution in [0.4, 0.5) is 0 Å². The van der Waals surface area contributed by atoms with Gasteiger partial charge in [0, 0.05) is 45.7 Å². The minimum absolute atomic E-state index is 0.852. The number of nitrogens with zero attached hydrogens (tertiary/aromatic N) is 5. The minimum atomic E-state index is 0.852. The van der Waals surface area contributed by atoms with Gasteiger partial charge in [-0.15, -0.1) is 0 Å². The molecule has 0 aliphatic heterocycles. The van der Waals surface area contributed by atoms with Crippen molar-refractivity contribution >= 4 is 43.7 Å². The van der Waals surface area contributed by atoms with Gasteiger partial charge in [0.1, 0.15) is 11.5 Å². The molecule has 5 heterocycles. The molecule has 5 nitrogen and oxygen atoms in total. The van der Waals surface area contributed by atoms with Gasteiger partial charge in [-0.05, 0) is 48.5 Å². The molecule has 0 saturated carbocycles. The van der Waals surface area contributed by atoms with Crippen molar-refractivity contribution in [2.45, 2.75) is 0 Å². The summed E-state index contributed by atoms with van der Waals surface area (Å²) in [4.78, 5) is 18.9. The zero-order valence-corrected chi connectivity index (χ0v) is 17.6. The second-order valence-electron chi connectivity index (χ2n) is 8.04. The highest BCUT2D eigenvalue weighted by atomic mass is 15.1. The summed E-state index contributed by atoms with van der Waals surface area (Å²) in [5.74, 6) is 0.852. The predicted molar refractivity (Wildman–Crippen MR) is 132 cm³/mol. The number of rotatable bonds is 2. The van der Waals surface area contributed by atoms with E-state index in [1.165, 1.54) is 0 Å². The van der Waals surface area contributed by atoms with Gasteiger partial charge in [0.2, 0.25) is 0 Å². The Kier molecular flexibility index (Phi) is 3.78. The number of pyridine rings is 4. The van der Waals surface area contributed by atoms with Crippen LogP contribution in [0.3, 0.4) is 0 Å². The highest BCUT2D eigenvalue weighted by Gasteiger charge is 2.15. The first-order valence-electron chi connectivity index (χ1n) is 10.8. The summed E-state index contributed by atoms with van der Waals surface area (Å²) in [5.41, 5.74) is 5.78. The Labute approximate surface area is 189 Å². The number of hydrogen-bond donors (Lipinski definition) is 0. The van der Waals surface area contributed by atoms with Crippen LogP contribution in [0.5, 0.6) is 0 Å². The highest BCUT2D eigenvalue weighted by Crippen LogP contribution is 2.34. The first kappa shape index (κ1) is 18.0. The summed E-state index contributed by atoms with van der Waals surface area (Å²) in [6.07, 6.45) is 5.45. The molecule has 0 aliphatic carbocycles. The second-order valence-corrected chi connectivity index (χ2v) is 8.04. The highest BCUT2D eigenvalue weighted by molar-refractivity contribution is 6.09. The van der Waals surface area contributed by atoms with Gasteiger partial charge in [-0.1, -0.05) is 36.4 Å². The molecule has 0 radical (unpaired) electrons. The Balaban J connectivity index is 1.49. The number of benzene rings is 2. The number of fused-ring (bicyclic) bond motifs is 6. The average Bonchev–Trinajstić information content (AvgIpc) is 3.22. The average molecular weight is 423 g/mol. The Morgan fingerprint density at radius 3 is 2.30 bits per heavy atom. The molecule has 7 aromatic rings. The van der Waals surface area contributed by atoms with Crippen molar-refractivity contribution in [3.8, 4) is 17.1 Å². The van der Waals surface area contributed by atoms with Crippen molar-refractivity contribution in [3.05, 3.63) is 104 Å². The molecular formula is C28H17N5. The van der Waals surface area contributed by atoms with E-state index in [4.69, 9.17) is 4.98 Å². The van der Waals surface area contributed by atoms with Crippen LogP contribution in [0.25, 0.3) is 60.8 Å². The zero-order valence-electron chi connectivity index (χ0n) is 17.6. The fourth-order valence-electron chi connectivity index (χ4n) is 4.61. The molecule has 0 atom stereocenters. The molecule has 154 valence electrons. The van der Waals surface area contributed by atoms with Crippen LogP contribution in [-0.2, 0) is 0 Å². The van der Waals surface area contributed by atoms with E-state index in [2.05, 4.69) is 74.1 Å². The van der Waals surface area contributed by atoms with Crippen molar-refractivity contribution in [2.75, 3.05) is 0 Å². The maximum absolute atomic E-state index is 5.03. The molecular weight excluding hydrogens is 406 g/mol. The zero-order chi connectivity index (χ0) is 21.8. The molecule has 0 amide bonds. The lowest BCUT2D eigenvalue weighted by molar-refractivity contribution is 1.06. The number of hydrogen-bond acceptors (Lipinski definition) is 4. The maximum atomic E-state index is 5.03. The van der Waals surface area contributed by atoms with Gasteiger partial charge in [0.15, 0.2) is 0 Å². The fourth-order valence-corrected chi connectivity index (χ4v) is 4.61. The lowest BCUT2D eigenvalue weighted by Gasteiger charge is -2.07. The van der Waals surface area contributed by atoms with E-state index < -0.39 is 0 Å². The van der Waals surface area contributed by atoms with Gasteiger partial charge >= 0.3 is 0 Å². The molecule has 2 aromatic carbocycles. The normalized spacial score (nSPS) is 11.6. The lowest BCUT2D eigenvalue weighted by atomic mass is 10.1. The van der Waals surface area contributed by atoms with Gasteiger partial charge in [-0.25, -0.2) is 15.0 Å². The SMILES string of the molecule is c1ccc(-n2c3ccc(-c4ccc5ccc6cccnc6c5n4)cc3c3cccnc32)nc1. The van der Waals surface area contributed by atoms with Gasteiger partial charge < -0.3 is 0 Å². The first-order valence-corrected chi connectivity index (χ1v) is 10.8. The van der Waals surface area contributed by atoms with E-state index in [-0.39, 0.29) is 0 Å². The molecule has 33 heavy (non-hydrogen) atoms. The summed E-state index contributed by atoms with van der Waals surface area (Å²) >= 11 is 0. The van der Waals surface area contributed by atoms with Gasteiger partial charge in [-0.3, -0.25) is 9.55 Å². The smallest absolute Gasteiger partial charge is 0.146 e. The Morgan fingerprint density at radius 1 is 0.576 bits per heavy atom. The van der Waals surface area contributed by atoms with E-state index in [1.54, 1.807) is 0 Å². The van der Waals surface area contributed by atoms with Crippen LogP contribution in [0.1, 0.15) is 0 Å². The summed E-state index contributed by atoms with van der Waals surface area (Å²) < 4.78 is 2.11. The Hall–Kier alpha value is -4.64. The van der Waals surface area contributed by atoms with Crippen LogP contribution in [0, 0.1) is 0 Å². The van der Waals surface area contributed by atoms with E-state index in [0.29, 0.717) is 0 Å². The molecule has 0 fully saturated rings.